The van der Waals surface area contributed by atoms with Crippen molar-refractivity contribution in [2.45, 2.75) is 4.90 Å². The van der Waals surface area contributed by atoms with E-state index in [4.69, 9.17) is 0 Å². The van der Waals surface area contributed by atoms with E-state index in [9.17, 15) is 17.6 Å². The van der Waals surface area contributed by atoms with Gasteiger partial charge in [0.25, 0.3) is 5.91 Å². The number of pyridine rings is 1. The molecule has 0 aliphatic rings. The lowest BCUT2D eigenvalue weighted by Gasteiger charge is -2.08. The van der Waals surface area contributed by atoms with Crippen molar-refractivity contribution in [1.29, 1.82) is 0 Å². The molecule has 0 aliphatic heterocycles. The number of halogens is 2. The molecule has 1 amide bonds. The average Bonchev–Trinajstić information content (AvgIpc) is 2.40. The Morgan fingerprint density at radius 3 is 2.57 bits per heavy atom. The van der Waals surface area contributed by atoms with Crippen molar-refractivity contribution in [3.05, 3.63) is 52.5 Å². The quantitative estimate of drug-likeness (QED) is 0.663. The molecule has 110 valence electrons. The molecule has 1 heterocycles. The molecule has 0 radical (unpaired) electrons. The SMILES string of the molecule is CS(=O)(=O)c1ccc(F)c(NC(=O)c2ccc(Br)nc2)c1. The van der Waals surface area contributed by atoms with Gasteiger partial charge in [-0.25, -0.2) is 17.8 Å². The molecule has 5 nitrogen and oxygen atoms in total. The third-order valence-electron chi connectivity index (χ3n) is 2.60. The highest BCUT2D eigenvalue weighted by molar-refractivity contribution is 9.10. The smallest absolute Gasteiger partial charge is 0.257 e. The number of hydrogen-bond donors (Lipinski definition) is 1. The highest BCUT2D eigenvalue weighted by Gasteiger charge is 2.14. The Morgan fingerprint density at radius 2 is 2.00 bits per heavy atom. The Balaban J connectivity index is 2.31. The van der Waals surface area contributed by atoms with E-state index in [1.807, 2.05) is 0 Å². The van der Waals surface area contributed by atoms with Gasteiger partial charge in [0, 0.05) is 12.5 Å². The Hall–Kier alpha value is -1.80. The van der Waals surface area contributed by atoms with Crippen LogP contribution in [-0.2, 0) is 9.84 Å². The van der Waals surface area contributed by atoms with Crippen molar-refractivity contribution >= 4 is 37.4 Å². The highest BCUT2D eigenvalue weighted by atomic mass is 79.9. The molecule has 2 aromatic rings. The molecular weight excluding hydrogens is 363 g/mol. The molecule has 0 atom stereocenters. The Morgan fingerprint density at radius 1 is 1.29 bits per heavy atom. The molecule has 1 aromatic carbocycles. The van der Waals surface area contributed by atoms with Crippen molar-refractivity contribution in [2.24, 2.45) is 0 Å². The summed E-state index contributed by atoms with van der Waals surface area (Å²) in [4.78, 5) is 15.8. The number of rotatable bonds is 3. The van der Waals surface area contributed by atoms with E-state index in [2.05, 4.69) is 26.2 Å². The molecule has 1 N–H and O–H groups in total. The number of hydrogen-bond acceptors (Lipinski definition) is 4. The van der Waals surface area contributed by atoms with Crippen LogP contribution in [0, 0.1) is 5.82 Å². The average molecular weight is 373 g/mol. The van der Waals surface area contributed by atoms with Gasteiger partial charge in [0.2, 0.25) is 0 Å². The molecule has 0 saturated heterocycles. The molecule has 0 aliphatic carbocycles. The van der Waals surface area contributed by atoms with Gasteiger partial charge in [-0.05, 0) is 46.3 Å². The summed E-state index contributed by atoms with van der Waals surface area (Å²) in [5, 5.41) is 2.32. The number of anilines is 1. The van der Waals surface area contributed by atoms with Crippen molar-refractivity contribution in [2.75, 3.05) is 11.6 Å². The van der Waals surface area contributed by atoms with Crippen LogP contribution < -0.4 is 5.32 Å². The summed E-state index contributed by atoms with van der Waals surface area (Å²) in [6.45, 7) is 0. The van der Waals surface area contributed by atoms with Crippen molar-refractivity contribution in [3.63, 3.8) is 0 Å². The number of benzene rings is 1. The zero-order valence-corrected chi connectivity index (χ0v) is 13.2. The molecule has 0 fully saturated rings. The lowest BCUT2D eigenvalue weighted by Crippen LogP contribution is -2.14. The topological polar surface area (TPSA) is 76.1 Å². The van der Waals surface area contributed by atoms with Crippen LogP contribution in [0.5, 0.6) is 0 Å². The zero-order chi connectivity index (χ0) is 15.6. The van der Waals surface area contributed by atoms with Crippen LogP contribution in [0.1, 0.15) is 10.4 Å². The van der Waals surface area contributed by atoms with Gasteiger partial charge >= 0.3 is 0 Å². The van der Waals surface area contributed by atoms with E-state index in [1.54, 1.807) is 6.07 Å². The first kappa shape index (κ1) is 15.6. The predicted octanol–water partition coefficient (Wildman–Crippen LogP) is 2.64. The first-order chi connectivity index (χ1) is 9.77. The number of carbonyl (C=O) groups excluding carboxylic acids is 1. The van der Waals surface area contributed by atoms with Crippen molar-refractivity contribution in [3.8, 4) is 0 Å². The number of carbonyl (C=O) groups is 1. The normalized spacial score (nSPS) is 11.2. The van der Waals surface area contributed by atoms with Crippen LogP contribution in [0.3, 0.4) is 0 Å². The summed E-state index contributed by atoms with van der Waals surface area (Å²) in [5.74, 6) is -1.31. The third kappa shape index (κ3) is 3.85. The van der Waals surface area contributed by atoms with Crippen LogP contribution in [0.2, 0.25) is 0 Å². The zero-order valence-electron chi connectivity index (χ0n) is 10.8. The summed E-state index contributed by atoms with van der Waals surface area (Å²) in [7, 11) is -3.48. The van der Waals surface area contributed by atoms with E-state index >= 15 is 0 Å². The largest absolute Gasteiger partial charge is 0.319 e. The van der Waals surface area contributed by atoms with E-state index in [0.717, 1.165) is 24.5 Å². The second kappa shape index (κ2) is 5.90. The second-order valence-corrected chi connectivity index (χ2v) is 7.07. The molecule has 1 aromatic heterocycles. The molecule has 0 bridgehead atoms. The monoisotopic (exact) mass is 372 g/mol. The standard InChI is InChI=1S/C13H10BrFN2O3S/c1-21(19,20)9-3-4-10(15)11(6-9)17-13(18)8-2-5-12(14)16-7-8/h2-7H,1H3,(H,17,18). The molecule has 2 rings (SSSR count). The van der Waals surface area contributed by atoms with Crippen LogP contribution in [0.25, 0.3) is 0 Å². The van der Waals surface area contributed by atoms with Crippen LogP contribution >= 0.6 is 15.9 Å². The minimum atomic E-state index is -3.48. The van der Waals surface area contributed by atoms with E-state index in [1.165, 1.54) is 12.3 Å². The summed E-state index contributed by atoms with van der Waals surface area (Å²) in [6.07, 6.45) is 2.32. The molecule has 8 heteroatoms. The first-order valence-electron chi connectivity index (χ1n) is 5.70. The molecule has 0 saturated carbocycles. The molecular formula is C13H10BrFN2O3S. The van der Waals surface area contributed by atoms with Gasteiger partial charge in [0.1, 0.15) is 10.4 Å². The lowest BCUT2D eigenvalue weighted by atomic mass is 10.2. The van der Waals surface area contributed by atoms with Gasteiger partial charge < -0.3 is 5.32 Å². The summed E-state index contributed by atoms with van der Waals surface area (Å²) in [6, 6.07) is 6.28. The fourth-order valence-corrected chi connectivity index (χ4v) is 2.42. The molecule has 0 spiro atoms. The number of aromatic nitrogens is 1. The Kier molecular flexibility index (Phi) is 4.38. The molecule has 21 heavy (non-hydrogen) atoms. The predicted molar refractivity (Wildman–Crippen MR) is 79.4 cm³/mol. The number of nitrogens with zero attached hydrogens (tertiary/aromatic N) is 1. The fraction of sp³-hybridized carbons (Fsp3) is 0.0769. The first-order valence-corrected chi connectivity index (χ1v) is 8.38. The van der Waals surface area contributed by atoms with Gasteiger partial charge in [-0.2, -0.15) is 0 Å². The Labute approximate surface area is 129 Å². The number of amides is 1. The van der Waals surface area contributed by atoms with Crippen LogP contribution in [0.15, 0.2) is 46.0 Å². The minimum absolute atomic E-state index is 0.0758. The van der Waals surface area contributed by atoms with E-state index in [-0.39, 0.29) is 16.1 Å². The second-order valence-electron chi connectivity index (χ2n) is 4.24. The number of sulfone groups is 1. The number of nitrogens with one attached hydrogen (secondary N) is 1. The van der Waals surface area contributed by atoms with Gasteiger partial charge in [-0.1, -0.05) is 0 Å². The van der Waals surface area contributed by atoms with E-state index in [0.29, 0.717) is 4.60 Å². The third-order valence-corrected chi connectivity index (χ3v) is 4.18. The van der Waals surface area contributed by atoms with Crippen molar-refractivity contribution < 1.29 is 17.6 Å². The maximum absolute atomic E-state index is 13.7. The van der Waals surface area contributed by atoms with Gasteiger partial charge in [0.15, 0.2) is 9.84 Å². The maximum atomic E-state index is 13.7. The van der Waals surface area contributed by atoms with Crippen LogP contribution in [0.4, 0.5) is 10.1 Å². The highest BCUT2D eigenvalue weighted by Crippen LogP contribution is 2.20. The van der Waals surface area contributed by atoms with E-state index < -0.39 is 21.6 Å². The summed E-state index contributed by atoms with van der Waals surface area (Å²) in [5.41, 5.74) is 0.0215. The molecule has 0 unspecified atom stereocenters. The lowest BCUT2D eigenvalue weighted by molar-refractivity contribution is 0.102. The van der Waals surface area contributed by atoms with Gasteiger partial charge in [-0.15, -0.1) is 0 Å². The summed E-state index contributed by atoms with van der Waals surface area (Å²) >= 11 is 3.13. The van der Waals surface area contributed by atoms with Crippen molar-refractivity contribution in [1.82, 2.24) is 4.98 Å². The summed E-state index contributed by atoms with van der Waals surface area (Å²) < 4.78 is 37.1. The fourth-order valence-electron chi connectivity index (χ4n) is 1.54. The van der Waals surface area contributed by atoms with Crippen LogP contribution in [-0.4, -0.2) is 25.6 Å². The Bertz CT molecular complexity index is 792. The maximum Gasteiger partial charge on any atom is 0.257 e. The van der Waals surface area contributed by atoms with Gasteiger partial charge in [0.05, 0.1) is 16.1 Å². The minimum Gasteiger partial charge on any atom is -0.319 e. The van der Waals surface area contributed by atoms with Gasteiger partial charge in [-0.3, -0.25) is 4.79 Å².